The lowest BCUT2D eigenvalue weighted by Crippen LogP contribution is -2.50. The summed E-state index contributed by atoms with van der Waals surface area (Å²) in [5, 5.41) is 2.52. The van der Waals surface area contributed by atoms with E-state index < -0.39 is 0 Å². The van der Waals surface area contributed by atoms with Gasteiger partial charge in [-0.2, -0.15) is 0 Å². The molecule has 1 saturated heterocycles. The Balaban J connectivity index is 2.46. The van der Waals surface area contributed by atoms with Crippen molar-refractivity contribution in [1.29, 1.82) is 0 Å². The summed E-state index contributed by atoms with van der Waals surface area (Å²) in [7, 11) is 0. The van der Waals surface area contributed by atoms with E-state index in [1.165, 1.54) is 0 Å². The van der Waals surface area contributed by atoms with E-state index in [4.69, 9.17) is 0 Å². The smallest absolute Gasteiger partial charge is 0.234 e. The van der Waals surface area contributed by atoms with Gasteiger partial charge in [0.1, 0.15) is 0 Å². The molecule has 21 heavy (non-hydrogen) atoms. The van der Waals surface area contributed by atoms with E-state index in [0.717, 1.165) is 35.7 Å². The van der Waals surface area contributed by atoms with E-state index in [2.05, 4.69) is 35.1 Å². The summed E-state index contributed by atoms with van der Waals surface area (Å²) in [6, 6.07) is 7.90. The van der Waals surface area contributed by atoms with Gasteiger partial charge in [0.25, 0.3) is 0 Å². The molecule has 1 aromatic carbocycles. The first-order chi connectivity index (χ1) is 10.0. The van der Waals surface area contributed by atoms with Gasteiger partial charge in [-0.15, -0.1) is 0 Å². The number of piperidine rings is 1. The predicted octanol–water partition coefficient (Wildman–Crippen LogP) is 4.17. The van der Waals surface area contributed by atoms with Crippen LogP contribution in [0.2, 0.25) is 0 Å². The fourth-order valence-electron chi connectivity index (χ4n) is 3.70. The van der Waals surface area contributed by atoms with Gasteiger partial charge in [0.2, 0.25) is 11.8 Å². The molecule has 2 rings (SSSR count). The number of halogens is 1. The number of nitrogens with one attached hydrogen (secondary N) is 1. The monoisotopic (exact) mass is 351 g/mol. The normalized spacial score (nSPS) is 21.2. The Morgan fingerprint density at radius 3 is 2.24 bits per heavy atom. The van der Waals surface area contributed by atoms with Crippen molar-refractivity contribution in [2.45, 2.75) is 51.9 Å². The minimum atomic E-state index is -0.239. The second kappa shape index (κ2) is 6.73. The molecule has 1 fully saturated rings. The van der Waals surface area contributed by atoms with Gasteiger partial charge in [0.05, 0.1) is 5.92 Å². The highest BCUT2D eigenvalue weighted by Gasteiger charge is 2.47. The maximum Gasteiger partial charge on any atom is 0.234 e. The van der Waals surface area contributed by atoms with Crippen LogP contribution in [0.4, 0.5) is 0 Å². The fraction of sp³-hybridized carbons (Fsp3) is 0.529. The second-order valence-corrected chi connectivity index (χ2v) is 6.85. The molecule has 0 aliphatic carbocycles. The number of carbonyl (C=O) groups excluding carboxylic acids is 2. The standard InChI is InChI=1S/C17H22BrNO2/c1-3-9-17(10-4-2)11-14(20)19-16(21)15(17)12-5-7-13(18)8-6-12/h5-8,15H,3-4,9-11H2,1-2H3,(H,19,20,21). The first-order valence-corrected chi connectivity index (χ1v) is 8.41. The average molecular weight is 352 g/mol. The minimum absolute atomic E-state index is 0.129. The van der Waals surface area contributed by atoms with Crippen molar-refractivity contribution in [2.24, 2.45) is 5.41 Å². The Kier molecular flexibility index (Phi) is 5.20. The molecule has 0 spiro atoms. The molecule has 4 heteroatoms. The predicted molar refractivity (Wildman–Crippen MR) is 86.9 cm³/mol. The molecule has 0 saturated carbocycles. The maximum absolute atomic E-state index is 12.5. The number of rotatable bonds is 5. The summed E-state index contributed by atoms with van der Waals surface area (Å²) >= 11 is 3.43. The number of carbonyl (C=O) groups is 2. The third-order valence-corrected chi connectivity index (χ3v) is 4.88. The average Bonchev–Trinajstić information content (AvgIpc) is 2.40. The topological polar surface area (TPSA) is 46.2 Å². The summed E-state index contributed by atoms with van der Waals surface area (Å²) in [4.78, 5) is 24.4. The largest absolute Gasteiger partial charge is 0.296 e. The molecule has 2 amide bonds. The molecule has 1 aromatic rings. The lowest BCUT2D eigenvalue weighted by Gasteiger charge is -2.43. The van der Waals surface area contributed by atoms with Crippen LogP contribution in [0.5, 0.6) is 0 Å². The van der Waals surface area contributed by atoms with Crippen LogP contribution >= 0.6 is 15.9 Å². The zero-order valence-electron chi connectivity index (χ0n) is 12.6. The zero-order chi connectivity index (χ0) is 15.5. The molecule has 1 atom stereocenters. The van der Waals surface area contributed by atoms with Crippen LogP contribution in [0.1, 0.15) is 57.4 Å². The van der Waals surface area contributed by atoms with Crippen LogP contribution in [-0.2, 0) is 9.59 Å². The van der Waals surface area contributed by atoms with E-state index in [9.17, 15) is 9.59 Å². The molecule has 1 N–H and O–H groups in total. The van der Waals surface area contributed by atoms with Gasteiger partial charge in [0.15, 0.2) is 0 Å². The Bertz CT molecular complexity index is 518. The van der Waals surface area contributed by atoms with E-state index in [1.54, 1.807) is 0 Å². The number of imide groups is 1. The van der Waals surface area contributed by atoms with Crippen molar-refractivity contribution in [2.75, 3.05) is 0 Å². The third kappa shape index (κ3) is 3.37. The first-order valence-electron chi connectivity index (χ1n) is 7.61. The molecular formula is C17H22BrNO2. The number of hydrogen-bond acceptors (Lipinski definition) is 2. The van der Waals surface area contributed by atoms with Crippen molar-refractivity contribution >= 4 is 27.7 Å². The maximum atomic E-state index is 12.5. The van der Waals surface area contributed by atoms with E-state index in [0.29, 0.717) is 6.42 Å². The molecule has 0 aromatic heterocycles. The SMILES string of the molecule is CCCC1(CCC)CC(=O)NC(=O)C1c1ccc(Br)cc1. The highest BCUT2D eigenvalue weighted by Crippen LogP contribution is 2.48. The highest BCUT2D eigenvalue weighted by molar-refractivity contribution is 9.10. The van der Waals surface area contributed by atoms with Gasteiger partial charge >= 0.3 is 0 Å². The third-order valence-electron chi connectivity index (χ3n) is 4.35. The molecule has 1 unspecified atom stereocenters. The molecule has 1 aliphatic rings. The van der Waals surface area contributed by atoms with Gasteiger partial charge < -0.3 is 0 Å². The first kappa shape index (κ1) is 16.2. The molecular weight excluding hydrogens is 330 g/mol. The molecule has 114 valence electrons. The van der Waals surface area contributed by atoms with Crippen LogP contribution in [0.3, 0.4) is 0 Å². The lowest BCUT2D eigenvalue weighted by molar-refractivity contribution is -0.140. The highest BCUT2D eigenvalue weighted by atomic mass is 79.9. The number of amides is 2. The van der Waals surface area contributed by atoms with Crippen LogP contribution in [-0.4, -0.2) is 11.8 Å². The Morgan fingerprint density at radius 2 is 1.71 bits per heavy atom. The molecule has 1 aliphatic heterocycles. The molecule has 0 bridgehead atoms. The Labute approximate surface area is 134 Å². The Hall–Kier alpha value is -1.16. The van der Waals surface area contributed by atoms with Crippen LogP contribution in [0.25, 0.3) is 0 Å². The van der Waals surface area contributed by atoms with Gasteiger partial charge in [0, 0.05) is 10.9 Å². The summed E-state index contributed by atoms with van der Waals surface area (Å²) in [6.07, 6.45) is 4.21. The van der Waals surface area contributed by atoms with Crippen molar-refractivity contribution in [3.63, 3.8) is 0 Å². The molecule has 1 heterocycles. The summed E-state index contributed by atoms with van der Waals surface area (Å²) < 4.78 is 0.995. The van der Waals surface area contributed by atoms with Gasteiger partial charge in [-0.05, 0) is 36.0 Å². The number of benzene rings is 1. The molecule has 3 nitrogen and oxygen atoms in total. The summed E-state index contributed by atoms with van der Waals surface area (Å²) in [5.41, 5.74) is 0.765. The van der Waals surface area contributed by atoms with Gasteiger partial charge in [-0.3, -0.25) is 14.9 Å². The van der Waals surface area contributed by atoms with Crippen LogP contribution < -0.4 is 5.32 Å². The van der Waals surface area contributed by atoms with E-state index in [-0.39, 0.29) is 23.1 Å². The fourth-order valence-corrected chi connectivity index (χ4v) is 3.96. The summed E-state index contributed by atoms with van der Waals surface area (Å²) in [6.45, 7) is 4.24. The van der Waals surface area contributed by atoms with Gasteiger partial charge in [-0.25, -0.2) is 0 Å². The van der Waals surface area contributed by atoms with Crippen LogP contribution in [0.15, 0.2) is 28.7 Å². The Morgan fingerprint density at radius 1 is 1.14 bits per heavy atom. The van der Waals surface area contributed by atoms with E-state index >= 15 is 0 Å². The van der Waals surface area contributed by atoms with Crippen molar-refractivity contribution in [3.05, 3.63) is 34.3 Å². The van der Waals surface area contributed by atoms with Crippen molar-refractivity contribution < 1.29 is 9.59 Å². The van der Waals surface area contributed by atoms with Crippen molar-refractivity contribution in [1.82, 2.24) is 5.32 Å². The van der Waals surface area contributed by atoms with Gasteiger partial charge in [-0.1, -0.05) is 54.8 Å². The molecule has 0 radical (unpaired) electrons. The van der Waals surface area contributed by atoms with E-state index in [1.807, 2.05) is 24.3 Å². The lowest BCUT2D eigenvalue weighted by atomic mass is 9.62. The van der Waals surface area contributed by atoms with Crippen molar-refractivity contribution in [3.8, 4) is 0 Å². The number of hydrogen-bond donors (Lipinski definition) is 1. The summed E-state index contributed by atoms with van der Waals surface area (Å²) in [5.74, 6) is -0.506. The minimum Gasteiger partial charge on any atom is -0.296 e. The quantitative estimate of drug-likeness (QED) is 0.809. The van der Waals surface area contributed by atoms with Crippen LogP contribution in [0, 0.1) is 5.41 Å². The second-order valence-electron chi connectivity index (χ2n) is 5.94. The zero-order valence-corrected chi connectivity index (χ0v) is 14.2.